The first-order chi connectivity index (χ1) is 20.4. The Bertz CT molecular complexity index is 1180. The summed E-state index contributed by atoms with van der Waals surface area (Å²) < 4.78 is 7.58. The molecule has 0 N–H and O–H groups in total. The fraction of sp³-hybridized carbons (Fsp3) is 0.571. The Morgan fingerprint density at radius 1 is 0.953 bits per heavy atom. The van der Waals surface area contributed by atoms with Gasteiger partial charge in [-0.3, -0.25) is 4.90 Å². The number of hydrogen-bond acceptors (Lipinski definition) is 6. The van der Waals surface area contributed by atoms with E-state index in [1.807, 2.05) is 42.7 Å². The molecule has 4 aliphatic carbocycles. The maximum absolute atomic E-state index is 8.25. The fourth-order valence-electron chi connectivity index (χ4n) is 7.73. The van der Waals surface area contributed by atoms with Crippen LogP contribution in [0.2, 0.25) is 0 Å². The van der Waals surface area contributed by atoms with Crippen molar-refractivity contribution in [1.82, 2.24) is 4.90 Å². The molecule has 1 heterocycles. The van der Waals surface area contributed by atoms with Crippen LogP contribution < -0.4 is 9.64 Å². The summed E-state index contributed by atoms with van der Waals surface area (Å²) in [7, 11) is 0. The van der Waals surface area contributed by atoms with Crippen LogP contribution in [0, 0.1) is 46.2 Å². The zero-order valence-electron chi connectivity index (χ0n) is 26.4. The summed E-state index contributed by atoms with van der Waals surface area (Å²) in [6.07, 6.45) is 10.2. The maximum Gasteiger partial charge on any atom is 0.175 e. The van der Waals surface area contributed by atoms with Gasteiger partial charge in [0.05, 0.1) is 5.09 Å². The van der Waals surface area contributed by atoms with E-state index in [1.165, 1.54) is 48.9 Å². The van der Waals surface area contributed by atoms with E-state index in [0.29, 0.717) is 17.4 Å². The Balaban J connectivity index is 0.000000221. The summed E-state index contributed by atoms with van der Waals surface area (Å²) >= 11 is 2.49. The summed E-state index contributed by atoms with van der Waals surface area (Å²) in [5, 5.41) is 14.8. The number of benzene rings is 2. The molecule has 43 heavy (non-hydrogen) atoms. The Morgan fingerprint density at radius 2 is 1.53 bits per heavy atom. The molecule has 4 bridgehead atoms. The quantitative estimate of drug-likeness (QED) is 0.129. The average molecular weight is 675 g/mol. The number of nitrogens with zero attached hydrogens (tertiary/aromatic N) is 3. The zero-order valence-corrected chi connectivity index (χ0v) is 28.2. The van der Waals surface area contributed by atoms with Crippen LogP contribution >= 0.6 is 0 Å². The van der Waals surface area contributed by atoms with Crippen molar-refractivity contribution in [3.8, 4) is 5.75 Å². The Labute approximate surface area is 268 Å². The Hall–Kier alpha value is -2.31. The second kappa shape index (κ2) is 14.6. The van der Waals surface area contributed by atoms with Gasteiger partial charge in [-0.25, -0.2) is 0 Å². The van der Waals surface area contributed by atoms with Gasteiger partial charge in [0.2, 0.25) is 0 Å². The van der Waals surface area contributed by atoms with E-state index < -0.39 is 5.09 Å². The molecule has 4 atom stereocenters. The van der Waals surface area contributed by atoms with Gasteiger partial charge in [-0.15, -0.1) is 0 Å². The molecule has 2 radical (unpaired) electrons. The van der Waals surface area contributed by atoms with Gasteiger partial charge in [-0.1, -0.05) is 77.1 Å². The van der Waals surface area contributed by atoms with Gasteiger partial charge >= 0.3 is 82.7 Å². The minimum atomic E-state index is -1.75. The van der Waals surface area contributed by atoms with Crippen molar-refractivity contribution in [3.63, 3.8) is 0 Å². The number of ether oxygens (including phenoxy) is 1. The average Bonchev–Trinajstić information content (AvgIpc) is 3.43. The van der Waals surface area contributed by atoms with Crippen molar-refractivity contribution in [3.05, 3.63) is 87.6 Å². The van der Waals surface area contributed by atoms with Gasteiger partial charge < -0.3 is 26.6 Å². The molecular formula is C35H47N3O4Ru-. The van der Waals surface area contributed by atoms with Crippen molar-refractivity contribution in [1.29, 1.82) is 0 Å². The van der Waals surface area contributed by atoms with Crippen LogP contribution in [0.5, 0.6) is 5.75 Å². The molecule has 0 aromatic heterocycles. The monoisotopic (exact) mass is 675 g/mol. The first-order valence-electron chi connectivity index (χ1n) is 15.7. The minimum Gasteiger partial charge on any atom is -0.356 e. The first-order valence-corrected chi connectivity index (χ1v) is 16.7. The summed E-state index contributed by atoms with van der Waals surface area (Å²) in [4.78, 5) is 13.3. The summed E-state index contributed by atoms with van der Waals surface area (Å²) in [5.74, 6) is 4.85. The third kappa shape index (κ3) is 8.25. The summed E-state index contributed by atoms with van der Waals surface area (Å²) in [6.45, 7) is 19.5. The third-order valence-corrected chi connectivity index (χ3v) is 9.64. The van der Waals surface area contributed by atoms with Crippen LogP contribution in [0.1, 0.15) is 102 Å². The Kier molecular flexibility index (Phi) is 11.4. The van der Waals surface area contributed by atoms with Crippen molar-refractivity contribution >= 4 is 10.3 Å². The predicted molar refractivity (Wildman–Crippen MR) is 170 cm³/mol. The van der Waals surface area contributed by atoms with Gasteiger partial charge in [0.15, 0.2) is 6.67 Å². The maximum atomic E-state index is 8.25. The van der Waals surface area contributed by atoms with E-state index >= 15 is 0 Å². The number of rotatable bonds is 7. The van der Waals surface area contributed by atoms with Crippen molar-refractivity contribution in [2.75, 3.05) is 18.0 Å². The summed E-state index contributed by atoms with van der Waals surface area (Å²) in [5.41, 5.74) is 5.83. The van der Waals surface area contributed by atoms with E-state index in [2.05, 4.69) is 86.6 Å². The molecule has 1 aliphatic heterocycles. The molecule has 5 aliphatic rings. The normalized spacial score (nSPS) is 25.8. The van der Waals surface area contributed by atoms with Crippen molar-refractivity contribution < 1.29 is 27.7 Å². The molecule has 8 heteroatoms. The molecule has 1 saturated heterocycles. The molecule has 4 saturated carbocycles. The molecule has 0 spiro atoms. The molecule has 2 aromatic rings. The fourth-order valence-corrected chi connectivity index (χ4v) is 8.15. The standard InChI is InChI=1S/C25H35N2.C10H12O.NO3.Ru/c1-17(2)22-6-5-7-23(18(3)4)24(22)26-8-9-27(16-26)25-13-19-10-20(14-25)12-21(11-19)15-25;1-8(2)11-10-7-5-4-6-9(10)3;2-1(3)4;/h5-7,13,17-21H,8-12,14-15H2,1-4H3;3-8H,1-2H3;;/q-1;;-1;+1/t19?,20-,21+,25?;;;. The molecular weight excluding hydrogens is 627 g/mol. The van der Waals surface area contributed by atoms with E-state index in [-0.39, 0.29) is 6.10 Å². The molecule has 2 aromatic carbocycles. The van der Waals surface area contributed by atoms with E-state index in [0.717, 1.165) is 42.2 Å². The van der Waals surface area contributed by atoms with Crippen molar-refractivity contribution in [2.24, 2.45) is 17.8 Å². The van der Waals surface area contributed by atoms with E-state index in [4.69, 9.17) is 20.1 Å². The van der Waals surface area contributed by atoms with E-state index in [1.54, 1.807) is 0 Å². The van der Waals surface area contributed by atoms with Gasteiger partial charge in [-0.2, -0.15) is 5.92 Å². The van der Waals surface area contributed by atoms with Crippen LogP contribution in [0.3, 0.4) is 0 Å². The van der Waals surface area contributed by atoms with Gasteiger partial charge in [0, 0.05) is 18.8 Å². The van der Waals surface area contributed by atoms with Crippen molar-refractivity contribution in [2.45, 2.75) is 97.1 Å². The smallest absolute Gasteiger partial charge is 0.175 e. The van der Waals surface area contributed by atoms with Gasteiger partial charge in [0.1, 0.15) is 0 Å². The number of anilines is 1. The second-order valence-corrected chi connectivity index (χ2v) is 13.9. The molecule has 5 fully saturated rings. The van der Waals surface area contributed by atoms with Crippen LogP contribution in [0.15, 0.2) is 42.5 Å². The minimum absolute atomic E-state index is 0.234. The second-order valence-electron chi connectivity index (χ2n) is 13.4. The molecule has 235 valence electrons. The van der Waals surface area contributed by atoms with E-state index in [9.17, 15) is 0 Å². The van der Waals surface area contributed by atoms with Crippen LogP contribution in [0.4, 0.5) is 5.69 Å². The Morgan fingerprint density at radius 3 is 2.05 bits per heavy atom. The largest absolute Gasteiger partial charge is 0.356 e. The number of hydrogen-bond donors (Lipinski definition) is 0. The third-order valence-electron chi connectivity index (χ3n) is 9.10. The SMILES string of the molecule is CC(C)Oc1ccccc1[CH]=[Ru+].CC(C)c1cccc(C(C)C)c1N1[C]N(C23[CH-]C4C[C@H](C[C@H](C4)C2)C3)CC1.O=[N+]([O-])[O-]. The molecule has 0 amide bonds. The van der Waals surface area contributed by atoms with Gasteiger partial charge in [-0.05, 0) is 41.2 Å². The predicted octanol–water partition coefficient (Wildman–Crippen LogP) is 7.77. The number of para-hydroxylation sites is 2. The molecule has 7 rings (SSSR count). The molecule has 2 unspecified atom stereocenters. The summed E-state index contributed by atoms with van der Waals surface area (Å²) in [6, 6.07) is 14.9. The topological polar surface area (TPSA) is 81.9 Å². The first kappa shape index (κ1) is 33.6. The molecule has 7 nitrogen and oxygen atoms in total. The van der Waals surface area contributed by atoms with Crippen LogP contribution in [-0.4, -0.2) is 39.3 Å². The van der Waals surface area contributed by atoms with Crippen LogP contribution in [-0.2, 0) is 17.9 Å². The van der Waals surface area contributed by atoms with Gasteiger partial charge in [0.25, 0.3) is 0 Å². The zero-order chi connectivity index (χ0) is 31.3. The van der Waals surface area contributed by atoms with Crippen LogP contribution in [0.25, 0.3) is 0 Å².